The number of hydrogen-bond donors (Lipinski definition) is 0. The number of carbonyl (C=O) groups is 1. The van der Waals surface area contributed by atoms with E-state index in [0.717, 1.165) is 42.5 Å². The van der Waals surface area contributed by atoms with Crippen molar-refractivity contribution >= 4 is 41.5 Å². The van der Waals surface area contributed by atoms with Crippen LogP contribution in [0.25, 0.3) is 11.1 Å². The number of halogens is 3. The molecule has 1 amide bonds. The van der Waals surface area contributed by atoms with Crippen molar-refractivity contribution in [2.45, 2.75) is 51.0 Å². The van der Waals surface area contributed by atoms with E-state index in [1.165, 1.54) is 19.3 Å². The average molecular weight is 440 g/mol. The van der Waals surface area contributed by atoms with Crippen molar-refractivity contribution in [1.29, 1.82) is 0 Å². The molecule has 0 N–H and O–H groups in total. The minimum Gasteiger partial charge on any atom is -0.339 e. The second-order valence-corrected chi connectivity index (χ2v) is 8.42. The van der Waals surface area contributed by atoms with Gasteiger partial charge in [0.2, 0.25) is 5.91 Å². The second kappa shape index (κ2) is 9.47. The number of hydrogen-bond acceptors (Lipinski definition) is 2. The SMILES string of the molecule is Cl.O=C1C(Cc2c(Cl)ccc(-c3ccncc3)c2Cl)CCN1C1CCCCC1. The summed E-state index contributed by atoms with van der Waals surface area (Å²) in [6.07, 6.45) is 11.1. The molecule has 4 rings (SSSR count). The predicted molar refractivity (Wildman–Crippen MR) is 117 cm³/mol. The predicted octanol–water partition coefficient (Wildman–Crippen LogP) is 6.20. The highest BCUT2D eigenvalue weighted by molar-refractivity contribution is 6.37. The van der Waals surface area contributed by atoms with Gasteiger partial charge in [-0.1, -0.05) is 48.5 Å². The first-order chi connectivity index (χ1) is 13.1. The average Bonchev–Trinajstić information content (AvgIpc) is 3.07. The fourth-order valence-corrected chi connectivity index (χ4v) is 5.13. The van der Waals surface area contributed by atoms with Crippen LogP contribution < -0.4 is 0 Å². The third kappa shape index (κ3) is 4.32. The molecule has 1 saturated carbocycles. The Kier molecular flexibility index (Phi) is 7.25. The van der Waals surface area contributed by atoms with E-state index in [1.54, 1.807) is 12.4 Å². The van der Waals surface area contributed by atoms with Crippen LogP contribution in [0.1, 0.15) is 44.1 Å². The number of likely N-dealkylation sites (tertiary alicyclic amines) is 1. The molecule has 2 heterocycles. The third-order valence-corrected chi connectivity index (χ3v) is 6.78. The molecule has 0 bridgehead atoms. The maximum absolute atomic E-state index is 13.0. The molecular formula is C22H25Cl3N2O. The van der Waals surface area contributed by atoms with Gasteiger partial charge < -0.3 is 4.90 Å². The van der Waals surface area contributed by atoms with Crippen molar-refractivity contribution in [2.75, 3.05) is 6.54 Å². The molecule has 3 nitrogen and oxygen atoms in total. The minimum absolute atomic E-state index is 0. The molecule has 2 aliphatic rings. The van der Waals surface area contributed by atoms with Crippen molar-refractivity contribution in [3.8, 4) is 11.1 Å². The molecule has 0 radical (unpaired) electrons. The topological polar surface area (TPSA) is 33.2 Å². The van der Waals surface area contributed by atoms with Crippen molar-refractivity contribution in [2.24, 2.45) is 5.92 Å². The van der Waals surface area contributed by atoms with Crippen molar-refractivity contribution in [1.82, 2.24) is 9.88 Å². The third-order valence-electron chi connectivity index (χ3n) is 5.99. The van der Waals surface area contributed by atoms with Crippen molar-refractivity contribution in [3.63, 3.8) is 0 Å². The summed E-state index contributed by atoms with van der Waals surface area (Å²) in [6, 6.07) is 8.13. The van der Waals surface area contributed by atoms with Gasteiger partial charge in [-0.2, -0.15) is 0 Å². The zero-order valence-electron chi connectivity index (χ0n) is 15.7. The summed E-state index contributed by atoms with van der Waals surface area (Å²) >= 11 is 13.2. The van der Waals surface area contributed by atoms with E-state index in [2.05, 4.69) is 9.88 Å². The number of nitrogens with zero attached hydrogens (tertiary/aromatic N) is 2. The molecule has 0 spiro atoms. The lowest BCUT2D eigenvalue weighted by Gasteiger charge is -2.31. The number of carbonyl (C=O) groups excluding carboxylic acids is 1. The monoisotopic (exact) mass is 438 g/mol. The molecule has 1 atom stereocenters. The Hall–Kier alpha value is -1.29. The molecule has 1 saturated heterocycles. The molecular weight excluding hydrogens is 415 g/mol. The summed E-state index contributed by atoms with van der Waals surface area (Å²) in [5.41, 5.74) is 2.83. The highest BCUT2D eigenvalue weighted by Crippen LogP contribution is 2.38. The smallest absolute Gasteiger partial charge is 0.226 e. The van der Waals surface area contributed by atoms with Gasteiger partial charge in [0, 0.05) is 41.5 Å². The van der Waals surface area contributed by atoms with E-state index in [1.807, 2.05) is 24.3 Å². The molecule has 1 aromatic carbocycles. The van der Waals surface area contributed by atoms with Crippen molar-refractivity contribution in [3.05, 3.63) is 52.3 Å². The molecule has 1 unspecified atom stereocenters. The van der Waals surface area contributed by atoms with Gasteiger partial charge in [-0.25, -0.2) is 0 Å². The van der Waals surface area contributed by atoms with E-state index < -0.39 is 0 Å². The maximum Gasteiger partial charge on any atom is 0.226 e. The van der Waals surface area contributed by atoms with Crippen LogP contribution in [0.4, 0.5) is 0 Å². The standard InChI is InChI=1S/C22H24Cl2N2O.ClH/c23-20-7-6-18(15-8-11-25-12-9-15)21(24)19(20)14-16-10-13-26(22(16)27)17-4-2-1-3-5-17;/h6-9,11-12,16-17H,1-5,10,13-14H2;1H. The Balaban J connectivity index is 0.00000225. The van der Waals surface area contributed by atoms with Gasteiger partial charge in [-0.15, -0.1) is 12.4 Å². The lowest BCUT2D eigenvalue weighted by molar-refractivity contribution is -0.133. The zero-order chi connectivity index (χ0) is 18.8. The Morgan fingerprint density at radius 2 is 1.71 bits per heavy atom. The normalized spacial score (nSPS) is 20.3. The largest absolute Gasteiger partial charge is 0.339 e. The van der Waals surface area contributed by atoms with E-state index in [0.29, 0.717) is 22.5 Å². The van der Waals surface area contributed by atoms with Gasteiger partial charge in [0.05, 0.1) is 5.02 Å². The molecule has 1 aliphatic heterocycles. The van der Waals surface area contributed by atoms with E-state index in [9.17, 15) is 4.79 Å². The van der Waals surface area contributed by atoms with Crippen LogP contribution in [0.2, 0.25) is 10.0 Å². The van der Waals surface area contributed by atoms with Gasteiger partial charge in [-0.05, 0) is 55.0 Å². The van der Waals surface area contributed by atoms with E-state index in [-0.39, 0.29) is 24.2 Å². The van der Waals surface area contributed by atoms with Gasteiger partial charge in [0.25, 0.3) is 0 Å². The number of rotatable bonds is 4. The van der Waals surface area contributed by atoms with Crippen LogP contribution in [0.15, 0.2) is 36.7 Å². The van der Waals surface area contributed by atoms with Crippen LogP contribution in [0, 0.1) is 5.92 Å². The zero-order valence-corrected chi connectivity index (χ0v) is 18.1. The number of aromatic nitrogens is 1. The molecule has 150 valence electrons. The fraction of sp³-hybridized carbons (Fsp3) is 0.455. The Bertz CT molecular complexity index is 822. The number of benzene rings is 1. The summed E-state index contributed by atoms with van der Waals surface area (Å²) < 4.78 is 0. The Morgan fingerprint density at radius 3 is 2.43 bits per heavy atom. The first-order valence-electron chi connectivity index (χ1n) is 9.83. The van der Waals surface area contributed by atoms with E-state index >= 15 is 0 Å². The van der Waals surface area contributed by atoms with Crippen LogP contribution in [0.3, 0.4) is 0 Å². The number of pyridine rings is 1. The first kappa shape index (κ1) is 21.4. The van der Waals surface area contributed by atoms with Gasteiger partial charge in [0.15, 0.2) is 0 Å². The summed E-state index contributed by atoms with van der Waals surface area (Å²) in [4.78, 5) is 19.2. The first-order valence-corrected chi connectivity index (χ1v) is 10.6. The van der Waals surface area contributed by atoms with Gasteiger partial charge >= 0.3 is 0 Å². The maximum atomic E-state index is 13.0. The highest BCUT2D eigenvalue weighted by atomic mass is 35.5. The van der Waals surface area contributed by atoms with Crippen LogP contribution in [0.5, 0.6) is 0 Å². The quantitative estimate of drug-likeness (QED) is 0.568. The molecule has 28 heavy (non-hydrogen) atoms. The molecule has 1 aromatic heterocycles. The lowest BCUT2D eigenvalue weighted by Crippen LogP contribution is -2.39. The van der Waals surface area contributed by atoms with Gasteiger partial charge in [-0.3, -0.25) is 9.78 Å². The molecule has 2 aromatic rings. The molecule has 1 aliphatic carbocycles. The molecule has 6 heteroatoms. The fourth-order valence-electron chi connectivity index (χ4n) is 4.49. The summed E-state index contributed by atoms with van der Waals surface area (Å²) in [6.45, 7) is 0.869. The van der Waals surface area contributed by atoms with E-state index in [4.69, 9.17) is 23.2 Å². The lowest BCUT2D eigenvalue weighted by atomic mass is 9.93. The Labute approximate surface area is 182 Å². The van der Waals surface area contributed by atoms with Crippen LogP contribution in [-0.2, 0) is 11.2 Å². The Morgan fingerprint density at radius 1 is 1.00 bits per heavy atom. The number of amides is 1. The van der Waals surface area contributed by atoms with Crippen molar-refractivity contribution < 1.29 is 4.79 Å². The summed E-state index contributed by atoms with van der Waals surface area (Å²) in [5.74, 6) is 0.262. The minimum atomic E-state index is -0.0189. The summed E-state index contributed by atoms with van der Waals surface area (Å²) in [5, 5.41) is 1.29. The summed E-state index contributed by atoms with van der Waals surface area (Å²) in [7, 11) is 0. The van der Waals surface area contributed by atoms with Crippen LogP contribution in [-0.4, -0.2) is 28.4 Å². The highest BCUT2D eigenvalue weighted by Gasteiger charge is 2.36. The second-order valence-electron chi connectivity index (χ2n) is 7.64. The molecule has 2 fully saturated rings. The van der Waals surface area contributed by atoms with Crippen LogP contribution >= 0.6 is 35.6 Å². The van der Waals surface area contributed by atoms with Gasteiger partial charge in [0.1, 0.15) is 0 Å².